The van der Waals surface area contributed by atoms with E-state index in [1.807, 2.05) is 0 Å². The highest BCUT2D eigenvalue weighted by Gasteiger charge is 2.12. The van der Waals surface area contributed by atoms with E-state index in [9.17, 15) is 9.59 Å². The van der Waals surface area contributed by atoms with Gasteiger partial charge in [0.25, 0.3) is 5.95 Å². The fraction of sp³-hybridized carbons (Fsp3) is 0.333. The molecule has 1 heterocycles. The Hall–Kier alpha value is -1.58. The molecule has 1 aromatic rings. The number of carbonyl (C=O) groups is 1. The number of carbonyl (C=O) groups excluding carboxylic acids is 1. The number of ketones is 1. The average Bonchev–Trinajstić information content (AvgIpc) is 2.02. The fourth-order valence-electron chi connectivity index (χ4n) is 1.11. The van der Waals surface area contributed by atoms with E-state index in [4.69, 9.17) is 9.15 Å². The van der Waals surface area contributed by atoms with Gasteiger partial charge in [0.2, 0.25) is 0 Å². The fourth-order valence-corrected chi connectivity index (χ4v) is 1.11. The lowest BCUT2D eigenvalue weighted by Gasteiger charge is -2.02. The van der Waals surface area contributed by atoms with Gasteiger partial charge in [0.15, 0.2) is 11.2 Å². The maximum atomic E-state index is 11.3. The summed E-state index contributed by atoms with van der Waals surface area (Å²) in [6.45, 7) is 2.88. The largest absolute Gasteiger partial charge is 0.468 e. The molecule has 0 N–H and O–H groups in total. The van der Waals surface area contributed by atoms with Gasteiger partial charge in [-0.05, 0) is 13.8 Å². The smallest absolute Gasteiger partial charge is 0.288 e. The summed E-state index contributed by atoms with van der Waals surface area (Å²) in [4.78, 5) is 22.3. The van der Waals surface area contributed by atoms with Crippen molar-refractivity contribution in [1.82, 2.24) is 0 Å². The highest BCUT2D eigenvalue weighted by atomic mass is 16.6. The molecule has 1 aromatic heterocycles. The van der Waals surface area contributed by atoms with Crippen LogP contribution in [-0.4, -0.2) is 12.9 Å². The Kier molecular flexibility index (Phi) is 2.51. The topological polar surface area (TPSA) is 56.5 Å². The van der Waals surface area contributed by atoms with E-state index in [-0.39, 0.29) is 28.5 Å². The summed E-state index contributed by atoms with van der Waals surface area (Å²) in [5.41, 5.74) is -0.283. The lowest BCUT2D eigenvalue weighted by Crippen LogP contribution is -2.14. The van der Waals surface area contributed by atoms with Crippen molar-refractivity contribution in [1.29, 1.82) is 0 Å². The zero-order valence-corrected chi connectivity index (χ0v) is 7.71. The van der Waals surface area contributed by atoms with Crippen molar-refractivity contribution in [3.05, 3.63) is 27.6 Å². The average molecular weight is 182 g/mol. The van der Waals surface area contributed by atoms with Gasteiger partial charge in [-0.25, -0.2) is 0 Å². The van der Waals surface area contributed by atoms with Crippen LogP contribution in [-0.2, 0) is 0 Å². The standard InChI is InChI=1S/C9H10O4/c1-5(10)9-6(2)13-8(12-3)4-7(9)11/h4H,1-3H3. The second-order valence-corrected chi connectivity index (χ2v) is 2.62. The molecule has 13 heavy (non-hydrogen) atoms. The minimum atomic E-state index is -0.367. The zero-order valence-electron chi connectivity index (χ0n) is 7.71. The first-order valence-electron chi connectivity index (χ1n) is 3.76. The molecule has 0 saturated heterocycles. The van der Waals surface area contributed by atoms with Gasteiger partial charge in [0.1, 0.15) is 11.3 Å². The number of hydrogen-bond acceptors (Lipinski definition) is 4. The van der Waals surface area contributed by atoms with Crippen LogP contribution in [0.2, 0.25) is 0 Å². The molecule has 0 amide bonds. The normalized spacial score (nSPS) is 9.77. The third kappa shape index (κ3) is 1.77. The Morgan fingerprint density at radius 1 is 1.54 bits per heavy atom. The van der Waals surface area contributed by atoms with Gasteiger partial charge in [0.05, 0.1) is 13.2 Å². The molecule has 0 aliphatic heterocycles. The molecule has 0 unspecified atom stereocenters. The van der Waals surface area contributed by atoms with Crippen LogP contribution in [0.4, 0.5) is 0 Å². The van der Waals surface area contributed by atoms with Crippen LogP contribution >= 0.6 is 0 Å². The van der Waals surface area contributed by atoms with Crippen molar-refractivity contribution >= 4 is 5.78 Å². The van der Waals surface area contributed by atoms with Crippen molar-refractivity contribution in [2.75, 3.05) is 7.11 Å². The lowest BCUT2D eigenvalue weighted by molar-refractivity contribution is 0.101. The molecule has 70 valence electrons. The molecule has 0 aliphatic carbocycles. The van der Waals surface area contributed by atoms with Gasteiger partial charge >= 0.3 is 0 Å². The van der Waals surface area contributed by atoms with Crippen molar-refractivity contribution in [2.24, 2.45) is 0 Å². The quantitative estimate of drug-likeness (QED) is 0.644. The number of ether oxygens (including phenoxy) is 1. The Morgan fingerprint density at radius 2 is 2.15 bits per heavy atom. The zero-order chi connectivity index (χ0) is 10.0. The van der Waals surface area contributed by atoms with Crippen LogP contribution in [0.15, 0.2) is 15.3 Å². The first-order chi connectivity index (χ1) is 6.06. The molecule has 0 fully saturated rings. The monoisotopic (exact) mass is 182 g/mol. The molecule has 0 saturated carbocycles. The second kappa shape index (κ2) is 3.43. The summed E-state index contributed by atoms with van der Waals surface area (Å²) in [6.07, 6.45) is 0. The molecule has 0 aromatic carbocycles. The minimum absolute atomic E-state index is 0.0841. The number of aryl methyl sites for hydroxylation is 1. The van der Waals surface area contributed by atoms with E-state index in [2.05, 4.69) is 0 Å². The summed E-state index contributed by atoms with van der Waals surface area (Å²) in [7, 11) is 1.39. The molecule has 0 bridgehead atoms. The van der Waals surface area contributed by atoms with Crippen LogP contribution in [0.25, 0.3) is 0 Å². The third-order valence-corrected chi connectivity index (χ3v) is 1.65. The van der Waals surface area contributed by atoms with E-state index < -0.39 is 0 Å². The molecule has 0 spiro atoms. The Labute approximate surface area is 75.1 Å². The van der Waals surface area contributed by atoms with Gasteiger partial charge < -0.3 is 9.15 Å². The SMILES string of the molecule is COc1cc(=O)c(C(C)=O)c(C)o1. The van der Waals surface area contributed by atoms with E-state index in [1.54, 1.807) is 6.92 Å². The Morgan fingerprint density at radius 3 is 2.54 bits per heavy atom. The number of rotatable bonds is 2. The number of methoxy groups -OCH3 is 1. The summed E-state index contributed by atoms with van der Waals surface area (Å²) in [6, 6.07) is 1.16. The van der Waals surface area contributed by atoms with Gasteiger partial charge in [0, 0.05) is 0 Å². The molecule has 0 atom stereocenters. The van der Waals surface area contributed by atoms with Gasteiger partial charge in [-0.3, -0.25) is 9.59 Å². The van der Waals surface area contributed by atoms with Crippen molar-refractivity contribution in [3.8, 4) is 5.95 Å². The predicted molar refractivity (Wildman–Crippen MR) is 46.3 cm³/mol. The van der Waals surface area contributed by atoms with Crippen molar-refractivity contribution < 1.29 is 13.9 Å². The van der Waals surface area contributed by atoms with Gasteiger partial charge in [-0.2, -0.15) is 0 Å². The molecular weight excluding hydrogens is 172 g/mol. The molecule has 4 heteroatoms. The number of hydrogen-bond donors (Lipinski definition) is 0. The predicted octanol–water partition coefficient (Wildman–Crippen LogP) is 1.16. The minimum Gasteiger partial charge on any atom is -0.468 e. The number of Topliss-reactive ketones (excluding diaryl/α,β-unsaturated/α-hetero) is 1. The van der Waals surface area contributed by atoms with E-state index in [0.29, 0.717) is 0 Å². The Balaban J connectivity index is 3.40. The lowest BCUT2D eigenvalue weighted by atomic mass is 10.1. The van der Waals surface area contributed by atoms with E-state index in [0.717, 1.165) is 6.07 Å². The molecule has 0 radical (unpaired) electrons. The summed E-state index contributed by atoms with van der Waals surface area (Å²) in [5.74, 6) is 0.109. The van der Waals surface area contributed by atoms with E-state index in [1.165, 1.54) is 14.0 Å². The summed E-state index contributed by atoms with van der Waals surface area (Å²) in [5, 5.41) is 0. The first kappa shape index (κ1) is 9.51. The van der Waals surface area contributed by atoms with Crippen LogP contribution < -0.4 is 10.2 Å². The van der Waals surface area contributed by atoms with E-state index >= 15 is 0 Å². The van der Waals surface area contributed by atoms with Crippen LogP contribution in [0.3, 0.4) is 0 Å². The van der Waals surface area contributed by atoms with Crippen molar-refractivity contribution in [2.45, 2.75) is 13.8 Å². The summed E-state index contributed by atoms with van der Waals surface area (Å²) < 4.78 is 9.79. The molecule has 0 aliphatic rings. The maximum Gasteiger partial charge on any atom is 0.288 e. The van der Waals surface area contributed by atoms with Crippen LogP contribution in [0.1, 0.15) is 23.0 Å². The van der Waals surface area contributed by atoms with Gasteiger partial charge in [-0.15, -0.1) is 0 Å². The van der Waals surface area contributed by atoms with Crippen LogP contribution in [0.5, 0.6) is 5.95 Å². The highest BCUT2D eigenvalue weighted by molar-refractivity contribution is 5.94. The highest BCUT2D eigenvalue weighted by Crippen LogP contribution is 2.12. The van der Waals surface area contributed by atoms with Crippen LogP contribution in [0, 0.1) is 6.92 Å². The third-order valence-electron chi connectivity index (χ3n) is 1.65. The van der Waals surface area contributed by atoms with Crippen molar-refractivity contribution in [3.63, 3.8) is 0 Å². The maximum absolute atomic E-state index is 11.3. The Bertz CT molecular complexity index is 389. The van der Waals surface area contributed by atoms with Gasteiger partial charge in [-0.1, -0.05) is 0 Å². The molecular formula is C9H10O4. The molecule has 4 nitrogen and oxygen atoms in total. The second-order valence-electron chi connectivity index (χ2n) is 2.62. The molecule has 1 rings (SSSR count). The summed E-state index contributed by atoms with van der Waals surface area (Å²) >= 11 is 0. The first-order valence-corrected chi connectivity index (χ1v) is 3.76.